The zero-order valence-electron chi connectivity index (χ0n) is 66.6. The summed E-state index contributed by atoms with van der Waals surface area (Å²) >= 11 is 3.39. The van der Waals surface area contributed by atoms with Gasteiger partial charge in [0.25, 0.3) is 5.91 Å². The second-order valence-electron chi connectivity index (χ2n) is 30.7. The molecule has 6 aliphatic rings. The van der Waals surface area contributed by atoms with Gasteiger partial charge in [-0.2, -0.15) is 6.92 Å². The molecule has 7 N–H and O–H groups in total. The van der Waals surface area contributed by atoms with Crippen LogP contribution in [0.25, 0.3) is 0 Å². The average molecular weight is 1570 g/mol. The van der Waals surface area contributed by atoms with Crippen LogP contribution in [0.15, 0.2) is 30.4 Å². The average Bonchev–Trinajstić information content (AvgIpc) is 1.65. The fourth-order valence-electron chi connectivity index (χ4n) is 11.8. The van der Waals surface area contributed by atoms with E-state index in [-0.39, 0.29) is 87.2 Å². The third kappa shape index (κ3) is 54.6. The SMILES string of the molecule is C=C(C)C(=O)[C@H](CC1CCCC1)NC(=O)OC(C)(C)C.C=[C-]C.CC(C)(C)OC(=O)N[C@@H](CC1=CCCC1)C(=O)O.CC(C)(C)OC(=O)N[C@@H](CC1CCCC1)C(=O)O.CNOC.CON(C)C(=O)[C@H](CC1CCCC1)NC(=O)OC(C)(C)C.C[C@@H](CC1CCCC1)C(=O)[C@@]1(C)CO1.[Br-].[Mg+2].[Na+].[O-]Cl. The second-order valence-corrected chi connectivity index (χ2v) is 30.7. The van der Waals surface area contributed by atoms with Crippen LogP contribution in [0, 0.1) is 35.7 Å². The number of amides is 5. The number of carboxylic acid groups (broad SMARTS) is 2. The number of epoxide rings is 1. The standard InChI is InChI=1S/C16H27NO3.C15H28N2O4.C13H23NO4.C13H21NO4.C12H20O2.C3H5.C2H7NO.BrH.ClO.Mg.Na/c1-11(2)14(18)13(10-12-8-6-7-9-12)17-15(19)20-16(3,4)5;1-15(2,3)21-14(19)16-12(13(18)17(4)20-5)10-11-8-6-7-9-11;2*1-13(2,3)18-12(17)14-10(11(15)16)8-9-6-4-5-7-9;1-9(7-10-5-3-4-6-10)11(13)12(2)8-14-12;1-3-2;1-3-4-2;;1-2;;/h12-13H,1,6-10H2,2-5H3,(H,17,19);11-12H,6-10H2,1-5H3,(H,16,19);9-10H,4-8H2,1-3H3,(H,14,17)(H,15,16);6,10H,4-5,7-8H2,1-3H3,(H,14,17)(H,15,16);9-10H,3-8H2,1-2H3;1H2,2H3;3H,1-2H3;1H;;;/q;;;;;-1;;;-1;+2;+1/p-1/t13-;12-;2*10-;9-,12+;;;;;;/m00000....../s1. The normalized spacial score (nSPS) is 18.3. The predicted octanol–water partition coefficient (Wildman–Crippen LogP) is 7.55. The Morgan fingerprint density at radius 1 is 0.621 bits per heavy atom. The van der Waals surface area contributed by atoms with E-state index in [1.807, 2.05) is 13.0 Å². The number of likely N-dealkylation sites (N-methyl/N-ethyl adjacent to an activating group) is 1. The van der Waals surface area contributed by atoms with Crippen molar-refractivity contribution in [3.05, 3.63) is 36.5 Å². The number of rotatable bonds is 23. The quantitative estimate of drug-likeness (QED) is 0.00987. The smallest absolute Gasteiger partial charge is 1.00 e. The maximum Gasteiger partial charge on any atom is 2.00 e. The van der Waals surface area contributed by atoms with E-state index in [1.165, 1.54) is 58.5 Å². The van der Waals surface area contributed by atoms with Crippen LogP contribution in [-0.4, -0.2) is 179 Å². The van der Waals surface area contributed by atoms with Crippen LogP contribution >= 0.6 is 11.9 Å². The molecule has 29 heteroatoms. The number of ketones is 2. The van der Waals surface area contributed by atoms with Gasteiger partial charge in [0.15, 0.2) is 11.6 Å². The molecule has 0 aromatic carbocycles. The van der Waals surface area contributed by atoms with Gasteiger partial charge in [-0.15, -0.1) is 0 Å². The molecule has 0 bridgehead atoms. The number of aliphatic carboxylic acids is 2. The first-order chi connectivity index (χ1) is 46.4. The minimum absolute atomic E-state index is 0. The molecule has 5 amide bonds. The molecular weight excluding hydrogens is 1440 g/mol. The number of Topliss-reactive ketones (excluding diaryl/α,β-unsaturated/α-hetero) is 2. The van der Waals surface area contributed by atoms with Gasteiger partial charge in [-0.1, -0.05) is 128 Å². The number of hydroxylamine groups is 3. The van der Waals surface area contributed by atoms with Gasteiger partial charge < -0.3 is 87.7 Å². The Bertz CT molecular complexity index is 2500. The minimum atomic E-state index is -1.03. The Balaban J connectivity index is -0.000000375. The molecule has 0 spiro atoms. The summed E-state index contributed by atoms with van der Waals surface area (Å²) in [7, 11) is 6.25. The van der Waals surface area contributed by atoms with E-state index in [1.54, 1.807) is 118 Å². The number of alkyl carbamates (subject to hydrolysis) is 4. The Hall–Kier alpha value is -3.61. The number of nitrogens with one attached hydrogen (secondary N) is 5. The molecule has 25 nitrogen and oxygen atoms in total. The van der Waals surface area contributed by atoms with E-state index in [2.05, 4.69) is 69.6 Å². The number of carboxylic acids is 2. The fourth-order valence-corrected chi connectivity index (χ4v) is 11.8. The first kappa shape index (κ1) is 108. The number of hydrogen-bond acceptors (Lipinski definition) is 18. The first-order valence-corrected chi connectivity index (χ1v) is 35.8. The number of ether oxygens (including phenoxy) is 5. The predicted molar refractivity (Wildman–Crippen MR) is 391 cm³/mol. The van der Waals surface area contributed by atoms with Crippen molar-refractivity contribution in [3.8, 4) is 0 Å². The Labute approximate surface area is 671 Å². The number of allylic oxidation sites excluding steroid dienone is 2. The third-order valence-corrected chi connectivity index (χ3v) is 16.6. The number of carbonyl (C=O) groups excluding carboxylic acids is 7. The van der Waals surface area contributed by atoms with Crippen molar-refractivity contribution in [1.29, 1.82) is 0 Å². The molecule has 5 aliphatic carbocycles. The molecule has 1 heterocycles. The van der Waals surface area contributed by atoms with Gasteiger partial charge in [-0.05, 0) is 178 Å². The van der Waals surface area contributed by atoms with Gasteiger partial charge in [0.1, 0.15) is 46.1 Å². The summed E-state index contributed by atoms with van der Waals surface area (Å²) in [6, 6.07) is -2.87. The minimum Gasteiger partial charge on any atom is -1.00 e. The maximum atomic E-state index is 12.3. The number of carbonyl (C=O) groups is 9. The van der Waals surface area contributed by atoms with Gasteiger partial charge in [0.05, 0.1) is 26.9 Å². The van der Waals surface area contributed by atoms with E-state index < -0.39 is 88.5 Å². The van der Waals surface area contributed by atoms with Gasteiger partial charge >= 0.3 is 88.9 Å². The van der Waals surface area contributed by atoms with Crippen molar-refractivity contribution in [2.75, 3.05) is 34.9 Å². The van der Waals surface area contributed by atoms with Crippen LogP contribution in [0.2, 0.25) is 0 Å². The second kappa shape index (κ2) is 56.6. The summed E-state index contributed by atoms with van der Waals surface area (Å²) in [5, 5.41) is 29.6. The molecule has 0 aromatic rings. The van der Waals surface area contributed by atoms with Crippen LogP contribution in [0.1, 0.15) is 265 Å². The van der Waals surface area contributed by atoms with Crippen molar-refractivity contribution in [3.63, 3.8) is 0 Å². The first-order valence-electron chi connectivity index (χ1n) is 35.5. The monoisotopic (exact) mass is 1570 g/mol. The van der Waals surface area contributed by atoms with Crippen molar-refractivity contribution in [2.24, 2.45) is 29.6 Å². The van der Waals surface area contributed by atoms with E-state index in [4.69, 9.17) is 43.4 Å². The fraction of sp³-hybridized carbons (Fsp3) is 0.797. The Morgan fingerprint density at radius 3 is 1.18 bits per heavy atom. The third-order valence-electron chi connectivity index (χ3n) is 16.6. The molecule has 1 aliphatic heterocycles. The van der Waals surface area contributed by atoms with Gasteiger partial charge in [-0.25, -0.2) is 51.2 Å². The molecule has 0 aromatic heterocycles. The van der Waals surface area contributed by atoms with E-state index >= 15 is 0 Å². The summed E-state index contributed by atoms with van der Waals surface area (Å²) in [4.78, 5) is 115. The van der Waals surface area contributed by atoms with Crippen LogP contribution in [0.5, 0.6) is 0 Å². The van der Waals surface area contributed by atoms with E-state index in [0.29, 0.717) is 61.4 Å². The molecule has 6 rings (SSSR count). The molecule has 0 radical (unpaired) electrons. The van der Waals surface area contributed by atoms with Crippen molar-refractivity contribution in [2.45, 2.75) is 317 Å². The molecule has 0 unspecified atom stereocenters. The maximum absolute atomic E-state index is 12.3. The van der Waals surface area contributed by atoms with Crippen molar-refractivity contribution in [1.82, 2.24) is 31.8 Å². The van der Waals surface area contributed by atoms with Crippen LogP contribution in [0.4, 0.5) is 19.2 Å². The molecule has 588 valence electrons. The van der Waals surface area contributed by atoms with Crippen molar-refractivity contribution < 1.29 is 138 Å². The molecule has 1 saturated heterocycles. The molecule has 5 fully saturated rings. The molecule has 6 atom stereocenters. The molecule has 4 saturated carbocycles. The summed E-state index contributed by atoms with van der Waals surface area (Å²) in [5.74, 6) is 0.337. The van der Waals surface area contributed by atoms with Crippen LogP contribution in [-0.2, 0) is 57.3 Å². The van der Waals surface area contributed by atoms with Gasteiger partial charge in [0.2, 0.25) is 0 Å². The van der Waals surface area contributed by atoms with Crippen molar-refractivity contribution >= 4 is 88.7 Å². The van der Waals surface area contributed by atoms with E-state index in [0.717, 1.165) is 93.6 Å². The molecular formula is C74H131BrClMgN6NaO19. The van der Waals surface area contributed by atoms with Crippen LogP contribution in [0.3, 0.4) is 0 Å². The largest absolute Gasteiger partial charge is 2.00 e. The Morgan fingerprint density at radius 2 is 0.913 bits per heavy atom. The topological polar surface area (TPSA) is 348 Å². The summed E-state index contributed by atoms with van der Waals surface area (Å²) in [6.45, 7) is 36.2. The van der Waals surface area contributed by atoms with E-state index in [9.17, 15) is 43.2 Å². The summed E-state index contributed by atoms with van der Waals surface area (Å²) < 4.78 is 33.5. The van der Waals surface area contributed by atoms with Crippen LogP contribution < -0.4 is 77.9 Å². The number of halogens is 2. The zero-order chi connectivity index (χ0) is 77.2. The molecule has 103 heavy (non-hydrogen) atoms. The summed E-state index contributed by atoms with van der Waals surface area (Å²) in [5.41, 5.74) is 1.22. The summed E-state index contributed by atoms with van der Waals surface area (Å²) in [6.07, 6.45) is 27.4. The number of nitrogens with zero attached hydrogens (tertiary/aromatic N) is 1. The zero-order valence-corrected chi connectivity index (χ0v) is 72.4. The van der Waals surface area contributed by atoms with Gasteiger partial charge in [0, 0.05) is 20.0 Å². The van der Waals surface area contributed by atoms with Gasteiger partial charge in [-0.3, -0.25) is 25.8 Å². The number of hydrogen-bond donors (Lipinski definition) is 7. The Kier molecular flexibility index (Phi) is 59.4.